The van der Waals surface area contributed by atoms with Crippen LogP contribution in [0.1, 0.15) is 27.2 Å². The van der Waals surface area contributed by atoms with Gasteiger partial charge in [0, 0.05) is 26.2 Å². The molecule has 3 nitrogen and oxygen atoms in total. The van der Waals surface area contributed by atoms with Gasteiger partial charge in [-0.05, 0) is 20.8 Å². The SMILES string of the molecule is CCN(C)N=CCC(C)(C)O. The van der Waals surface area contributed by atoms with E-state index in [1.165, 1.54) is 0 Å². The summed E-state index contributed by atoms with van der Waals surface area (Å²) in [6.45, 7) is 6.46. The van der Waals surface area contributed by atoms with Crippen LogP contribution < -0.4 is 0 Å². The molecule has 0 aliphatic heterocycles. The Morgan fingerprint density at radius 1 is 1.55 bits per heavy atom. The highest BCUT2D eigenvalue weighted by atomic mass is 16.3. The van der Waals surface area contributed by atoms with Gasteiger partial charge in [-0.1, -0.05) is 0 Å². The van der Waals surface area contributed by atoms with Crippen molar-refractivity contribution in [2.75, 3.05) is 13.6 Å². The van der Waals surface area contributed by atoms with Gasteiger partial charge in [0.15, 0.2) is 0 Å². The Bertz CT molecular complexity index is 127. The molecule has 1 N–H and O–H groups in total. The lowest BCUT2D eigenvalue weighted by atomic mass is 10.1. The van der Waals surface area contributed by atoms with Crippen molar-refractivity contribution >= 4 is 6.21 Å². The summed E-state index contributed by atoms with van der Waals surface area (Å²) in [4.78, 5) is 0. The summed E-state index contributed by atoms with van der Waals surface area (Å²) in [7, 11) is 1.90. The fourth-order valence-electron chi connectivity index (χ4n) is 0.485. The van der Waals surface area contributed by atoms with Gasteiger partial charge < -0.3 is 10.1 Å². The summed E-state index contributed by atoms with van der Waals surface area (Å²) in [6.07, 6.45) is 2.33. The third-order valence-corrected chi connectivity index (χ3v) is 1.33. The van der Waals surface area contributed by atoms with E-state index in [1.54, 1.807) is 20.1 Å². The van der Waals surface area contributed by atoms with E-state index < -0.39 is 5.60 Å². The standard InChI is InChI=1S/C8H18N2O/c1-5-10(4)9-7-6-8(2,3)11/h7,11H,5-6H2,1-4H3. The molecule has 11 heavy (non-hydrogen) atoms. The molecular weight excluding hydrogens is 140 g/mol. The van der Waals surface area contributed by atoms with Crippen LogP contribution in [0, 0.1) is 0 Å². The molecule has 0 bridgehead atoms. The molecule has 0 rings (SSSR count). The number of nitrogens with zero attached hydrogens (tertiary/aromatic N) is 2. The third kappa shape index (κ3) is 7.33. The first-order chi connectivity index (χ1) is 4.95. The summed E-state index contributed by atoms with van der Waals surface area (Å²) < 4.78 is 0. The monoisotopic (exact) mass is 158 g/mol. The van der Waals surface area contributed by atoms with Crippen LogP contribution in [0.5, 0.6) is 0 Å². The Kier molecular flexibility index (Phi) is 4.11. The van der Waals surface area contributed by atoms with Gasteiger partial charge in [-0.15, -0.1) is 0 Å². The van der Waals surface area contributed by atoms with Crippen LogP contribution in [0.25, 0.3) is 0 Å². The zero-order valence-corrected chi connectivity index (χ0v) is 7.83. The van der Waals surface area contributed by atoms with Crippen molar-refractivity contribution in [1.82, 2.24) is 5.01 Å². The van der Waals surface area contributed by atoms with Crippen molar-refractivity contribution in [2.45, 2.75) is 32.8 Å². The molecule has 0 aromatic heterocycles. The molecule has 3 heteroatoms. The minimum Gasteiger partial charge on any atom is -0.390 e. The first-order valence-electron chi connectivity index (χ1n) is 3.91. The van der Waals surface area contributed by atoms with Crippen LogP contribution in [-0.2, 0) is 0 Å². The summed E-state index contributed by atoms with van der Waals surface area (Å²) in [6, 6.07) is 0. The summed E-state index contributed by atoms with van der Waals surface area (Å²) in [5.41, 5.74) is -0.641. The fraction of sp³-hybridized carbons (Fsp3) is 0.875. The largest absolute Gasteiger partial charge is 0.390 e. The predicted molar refractivity (Wildman–Crippen MR) is 47.7 cm³/mol. The minimum absolute atomic E-state index is 0.595. The average Bonchev–Trinajstić information content (AvgIpc) is 1.85. The van der Waals surface area contributed by atoms with Gasteiger partial charge in [0.1, 0.15) is 0 Å². The van der Waals surface area contributed by atoms with Gasteiger partial charge in [0.05, 0.1) is 5.60 Å². The molecule has 0 spiro atoms. The topological polar surface area (TPSA) is 35.8 Å². The molecule has 0 unspecified atom stereocenters. The van der Waals surface area contributed by atoms with E-state index in [0.717, 1.165) is 6.54 Å². The Balaban J connectivity index is 3.60. The number of hydrazone groups is 1. The van der Waals surface area contributed by atoms with Gasteiger partial charge in [-0.25, -0.2) is 0 Å². The molecule has 0 aliphatic rings. The second-order valence-electron chi connectivity index (χ2n) is 3.29. The Labute approximate surface area is 68.7 Å². The Hall–Kier alpha value is -0.570. The van der Waals surface area contributed by atoms with Crippen LogP contribution in [0.2, 0.25) is 0 Å². The number of aliphatic hydroxyl groups is 1. The Morgan fingerprint density at radius 3 is 2.45 bits per heavy atom. The zero-order valence-electron chi connectivity index (χ0n) is 7.83. The van der Waals surface area contributed by atoms with E-state index in [0.29, 0.717) is 6.42 Å². The van der Waals surface area contributed by atoms with Crippen LogP contribution in [0.15, 0.2) is 5.10 Å². The molecule has 0 atom stereocenters. The normalized spacial score (nSPS) is 12.5. The van der Waals surface area contributed by atoms with Gasteiger partial charge in [-0.3, -0.25) is 0 Å². The molecule has 0 fully saturated rings. The summed E-state index contributed by atoms with van der Waals surface area (Å²) in [5, 5.41) is 15.2. The van der Waals surface area contributed by atoms with Crippen LogP contribution in [0.3, 0.4) is 0 Å². The summed E-state index contributed by atoms with van der Waals surface area (Å²) >= 11 is 0. The van der Waals surface area contributed by atoms with Gasteiger partial charge in [0.25, 0.3) is 0 Å². The van der Waals surface area contributed by atoms with Crippen molar-refractivity contribution in [3.63, 3.8) is 0 Å². The maximum atomic E-state index is 9.29. The molecule has 66 valence electrons. The first kappa shape index (κ1) is 10.4. The lowest BCUT2D eigenvalue weighted by molar-refractivity contribution is 0.0893. The lowest BCUT2D eigenvalue weighted by Crippen LogP contribution is -2.19. The molecule has 0 aromatic carbocycles. The third-order valence-electron chi connectivity index (χ3n) is 1.33. The second-order valence-corrected chi connectivity index (χ2v) is 3.29. The van der Waals surface area contributed by atoms with Crippen molar-refractivity contribution in [3.8, 4) is 0 Å². The van der Waals surface area contributed by atoms with Crippen molar-refractivity contribution in [1.29, 1.82) is 0 Å². The molecule has 0 amide bonds. The van der Waals surface area contributed by atoms with Crippen LogP contribution in [-0.4, -0.2) is 35.5 Å². The lowest BCUT2D eigenvalue weighted by Gasteiger charge is -2.14. The van der Waals surface area contributed by atoms with Crippen LogP contribution >= 0.6 is 0 Å². The van der Waals surface area contributed by atoms with E-state index in [-0.39, 0.29) is 0 Å². The molecule has 0 radical (unpaired) electrons. The predicted octanol–water partition coefficient (Wildman–Crippen LogP) is 1.08. The van der Waals surface area contributed by atoms with Gasteiger partial charge in [-0.2, -0.15) is 5.10 Å². The number of hydrogen-bond donors (Lipinski definition) is 1. The Morgan fingerprint density at radius 2 is 2.09 bits per heavy atom. The maximum Gasteiger partial charge on any atom is 0.0641 e. The molecule has 0 heterocycles. The highest BCUT2D eigenvalue weighted by Gasteiger charge is 2.09. The molecular formula is C8H18N2O. The first-order valence-corrected chi connectivity index (χ1v) is 3.91. The summed E-state index contributed by atoms with van der Waals surface area (Å²) in [5.74, 6) is 0. The van der Waals surface area contributed by atoms with Crippen LogP contribution in [0.4, 0.5) is 0 Å². The average molecular weight is 158 g/mol. The highest BCUT2D eigenvalue weighted by molar-refractivity contribution is 5.58. The van der Waals surface area contributed by atoms with E-state index in [2.05, 4.69) is 5.10 Å². The molecule has 0 saturated carbocycles. The van der Waals surface area contributed by atoms with Gasteiger partial charge in [0.2, 0.25) is 0 Å². The van der Waals surface area contributed by atoms with Crippen molar-refractivity contribution in [3.05, 3.63) is 0 Å². The molecule has 0 aromatic rings. The smallest absolute Gasteiger partial charge is 0.0641 e. The number of rotatable bonds is 4. The zero-order chi connectivity index (χ0) is 8.91. The number of hydrogen-bond acceptors (Lipinski definition) is 3. The van der Waals surface area contributed by atoms with Crippen molar-refractivity contribution in [2.24, 2.45) is 5.10 Å². The minimum atomic E-state index is -0.641. The van der Waals surface area contributed by atoms with E-state index in [9.17, 15) is 5.11 Å². The highest BCUT2D eigenvalue weighted by Crippen LogP contribution is 2.03. The van der Waals surface area contributed by atoms with E-state index in [4.69, 9.17) is 0 Å². The van der Waals surface area contributed by atoms with E-state index >= 15 is 0 Å². The maximum absolute atomic E-state index is 9.29. The van der Waals surface area contributed by atoms with Crippen molar-refractivity contribution < 1.29 is 5.11 Å². The quantitative estimate of drug-likeness (QED) is 0.491. The van der Waals surface area contributed by atoms with Gasteiger partial charge >= 0.3 is 0 Å². The second kappa shape index (κ2) is 4.34. The van der Waals surface area contributed by atoms with E-state index in [1.807, 2.05) is 19.0 Å². The molecule has 0 aliphatic carbocycles. The fourth-order valence-corrected chi connectivity index (χ4v) is 0.485. The molecule has 0 saturated heterocycles.